The van der Waals surface area contributed by atoms with Crippen LogP contribution in [0.5, 0.6) is 0 Å². The Morgan fingerprint density at radius 3 is 2.15 bits per heavy atom. The normalized spacial score (nSPS) is 16.7. The summed E-state index contributed by atoms with van der Waals surface area (Å²) in [4.78, 5) is 0.241. The molecule has 140 valence electrons. The van der Waals surface area contributed by atoms with Crippen LogP contribution in [0, 0.1) is 20.8 Å². The van der Waals surface area contributed by atoms with Gasteiger partial charge in [0.15, 0.2) is 5.79 Å². The van der Waals surface area contributed by atoms with Gasteiger partial charge in [0, 0.05) is 12.0 Å². The molecular weight excluding hydrogens is 352 g/mol. The highest BCUT2D eigenvalue weighted by atomic mass is 32.2. The van der Waals surface area contributed by atoms with E-state index in [-0.39, 0.29) is 11.5 Å². The zero-order chi connectivity index (χ0) is 18.8. The van der Waals surface area contributed by atoms with Gasteiger partial charge in [-0.05, 0) is 31.9 Å². The van der Waals surface area contributed by atoms with E-state index in [2.05, 4.69) is 0 Å². The van der Waals surface area contributed by atoms with Gasteiger partial charge in [-0.15, -0.1) is 0 Å². The molecule has 1 saturated heterocycles. The highest BCUT2D eigenvalue weighted by molar-refractivity contribution is 7.86. The van der Waals surface area contributed by atoms with Crippen LogP contribution in [-0.2, 0) is 29.6 Å². The molecule has 1 aliphatic rings. The molecule has 0 saturated carbocycles. The largest absolute Gasteiger partial charge is 0.343 e. The predicted molar refractivity (Wildman–Crippen MR) is 98.4 cm³/mol. The molecule has 1 heterocycles. The molecule has 0 atom stereocenters. The molecule has 0 radical (unpaired) electrons. The van der Waals surface area contributed by atoms with Crippen LogP contribution in [0.4, 0.5) is 0 Å². The van der Waals surface area contributed by atoms with Crippen LogP contribution in [0.3, 0.4) is 0 Å². The Labute approximate surface area is 155 Å². The van der Waals surface area contributed by atoms with Crippen molar-refractivity contribution in [3.8, 4) is 0 Å². The summed E-state index contributed by atoms with van der Waals surface area (Å²) in [6, 6.07) is 13.2. The van der Waals surface area contributed by atoms with Crippen molar-refractivity contribution >= 4 is 10.1 Å². The Bertz CT molecular complexity index is 845. The van der Waals surface area contributed by atoms with Gasteiger partial charge in [-0.2, -0.15) is 8.42 Å². The second-order valence-electron chi connectivity index (χ2n) is 6.57. The van der Waals surface area contributed by atoms with Crippen LogP contribution >= 0.6 is 0 Å². The first-order chi connectivity index (χ1) is 12.3. The average molecular weight is 376 g/mol. The summed E-state index contributed by atoms with van der Waals surface area (Å²) < 4.78 is 42.4. The second kappa shape index (κ2) is 7.48. The molecule has 6 heteroatoms. The standard InChI is InChI=1S/C20H24O5S/c1-15-13-16(2)19(17(3)14-15)26(21,22)25-10-9-20(23-11-12-24-20)18-7-5-4-6-8-18/h4-8,13-14H,9-12H2,1-3H3. The summed E-state index contributed by atoms with van der Waals surface area (Å²) >= 11 is 0. The molecule has 1 aliphatic heterocycles. The number of hydrogen-bond acceptors (Lipinski definition) is 5. The topological polar surface area (TPSA) is 61.8 Å². The maximum absolute atomic E-state index is 12.7. The highest BCUT2D eigenvalue weighted by Crippen LogP contribution is 2.35. The first-order valence-electron chi connectivity index (χ1n) is 8.65. The van der Waals surface area contributed by atoms with Gasteiger partial charge in [0.1, 0.15) is 0 Å². The van der Waals surface area contributed by atoms with E-state index in [9.17, 15) is 8.42 Å². The summed E-state index contributed by atoms with van der Waals surface area (Å²) in [6.45, 7) is 6.42. The summed E-state index contributed by atoms with van der Waals surface area (Å²) in [6.07, 6.45) is 0.292. The van der Waals surface area contributed by atoms with Crippen molar-refractivity contribution in [1.29, 1.82) is 0 Å². The van der Waals surface area contributed by atoms with E-state index >= 15 is 0 Å². The first kappa shape index (κ1) is 19.0. The maximum atomic E-state index is 12.7. The molecule has 5 nitrogen and oxygen atoms in total. The van der Waals surface area contributed by atoms with Gasteiger partial charge in [-0.3, -0.25) is 4.18 Å². The monoisotopic (exact) mass is 376 g/mol. The molecular formula is C20H24O5S. The Morgan fingerprint density at radius 2 is 1.58 bits per heavy atom. The molecule has 1 fully saturated rings. The lowest BCUT2D eigenvalue weighted by Gasteiger charge is -2.27. The molecule has 0 spiro atoms. The average Bonchev–Trinajstić information content (AvgIpc) is 3.04. The van der Waals surface area contributed by atoms with Crippen molar-refractivity contribution in [2.75, 3.05) is 19.8 Å². The van der Waals surface area contributed by atoms with Crippen LogP contribution in [-0.4, -0.2) is 28.2 Å². The van der Waals surface area contributed by atoms with Crippen LogP contribution in [0.15, 0.2) is 47.4 Å². The fraction of sp³-hybridized carbons (Fsp3) is 0.400. The SMILES string of the molecule is Cc1cc(C)c(S(=O)(=O)OCCC2(c3ccccc3)OCCO2)c(C)c1. The zero-order valence-corrected chi connectivity index (χ0v) is 16.1. The van der Waals surface area contributed by atoms with Crippen LogP contribution < -0.4 is 0 Å². The van der Waals surface area contributed by atoms with E-state index in [0.29, 0.717) is 30.8 Å². The lowest BCUT2D eigenvalue weighted by molar-refractivity contribution is -0.174. The molecule has 0 amide bonds. The third-order valence-electron chi connectivity index (χ3n) is 4.49. The van der Waals surface area contributed by atoms with Crippen molar-refractivity contribution in [3.63, 3.8) is 0 Å². The summed E-state index contributed by atoms with van der Waals surface area (Å²) in [5.41, 5.74) is 3.26. The quantitative estimate of drug-likeness (QED) is 0.721. The Balaban J connectivity index is 1.76. The number of benzene rings is 2. The van der Waals surface area contributed by atoms with Crippen LogP contribution in [0.1, 0.15) is 28.7 Å². The Kier molecular flexibility index (Phi) is 5.48. The third-order valence-corrected chi connectivity index (χ3v) is 6.11. The van der Waals surface area contributed by atoms with Gasteiger partial charge in [-0.25, -0.2) is 0 Å². The van der Waals surface area contributed by atoms with Crippen molar-refractivity contribution in [2.45, 2.75) is 37.9 Å². The fourth-order valence-corrected chi connectivity index (χ4v) is 4.84. The number of rotatable bonds is 6. The first-order valence-corrected chi connectivity index (χ1v) is 10.1. The summed E-state index contributed by atoms with van der Waals surface area (Å²) in [5.74, 6) is -0.950. The predicted octanol–water partition coefficient (Wildman–Crippen LogP) is 3.61. The number of aryl methyl sites for hydroxylation is 3. The molecule has 26 heavy (non-hydrogen) atoms. The van der Waals surface area contributed by atoms with Crippen molar-refractivity contribution in [3.05, 3.63) is 64.7 Å². The fourth-order valence-electron chi connectivity index (χ4n) is 3.51. The third kappa shape index (κ3) is 3.83. The van der Waals surface area contributed by atoms with E-state index in [0.717, 1.165) is 11.1 Å². The minimum atomic E-state index is -3.85. The van der Waals surface area contributed by atoms with Gasteiger partial charge < -0.3 is 9.47 Å². The molecule has 0 aliphatic carbocycles. The van der Waals surface area contributed by atoms with E-state index in [4.69, 9.17) is 13.7 Å². The van der Waals surface area contributed by atoms with Crippen molar-refractivity contribution in [1.82, 2.24) is 0 Å². The summed E-state index contributed by atoms with van der Waals surface area (Å²) in [7, 11) is -3.85. The van der Waals surface area contributed by atoms with Gasteiger partial charge in [0.25, 0.3) is 10.1 Å². The van der Waals surface area contributed by atoms with E-state index in [1.54, 1.807) is 13.8 Å². The van der Waals surface area contributed by atoms with Crippen LogP contribution in [0.25, 0.3) is 0 Å². The Morgan fingerprint density at radius 1 is 1.00 bits per heavy atom. The minimum Gasteiger partial charge on any atom is -0.343 e. The molecule has 0 aromatic heterocycles. The highest BCUT2D eigenvalue weighted by Gasteiger charge is 2.38. The maximum Gasteiger partial charge on any atom is 0.297 e. The van der Waals surface area contributed by atoms with Gasteiger partial charge in [0.05, 0.1) is 24.7 Å². The molecule has 0 unspecified atom stereocenters. The van der Waals surface area contributed by atoms with E-state index in [1.165, 1.54) is 0 Å². The van der Waals surface area contributed by atoms with Gasteiger partial charge in [0.2, 0.25) is 0 Å². The minimum absolute atomic E-state index is 0.0238. The Hall–Kier alpha value is -1.73. The number of ether oxygens (including phenoxy) is 2. The molecule has 2 aromatic rings. The van der Waals surface area contributed by atoms with Crippen molar-refractivity contribution in [2.24, 2.45) is 0 Å². The van der Waals surface area contributed by atoms with Gasteiger partial charge >= 0.3 is 0 Å². The van der Waals surface area contributed by atoms with Crippen molar-refractivity contribution < 1.29 is 22.1 Å². The van der Waals surface area contributed by atoms with E-state index < -0.39 is 15.9 Å². The molecule has 3 rings (SSSR count). The van der Waals surface area contributed by atoms with Crippen LogP contribution in [0.2, 0.25) is 0 Å². The molecule has 0 N–H and O–H groups in total. The lowest BCUT2D eigenvalue weighted by atomic mass is 10.0. The lowest BCUT2D eigenvalue weighted by Crippen LogP contribution is -2.29. The van der Waals surface area contributed by atoms with Gasteiger partial charge in [-0.1, -0.05) is 48.0 Å². The van der Waals surface area contributed by atoms with E-state index in [1.807, 2.05) is 49.4 Å². The molecule has 0 bridgehead atoms. The molecule has 2 aromatic carbocycles. The number of hydrogen-bond donors (Lipinski definition) is 0. The smallest absolute Gasteiger partial charge is 0.297 e. The summed E-state index contributed by atoms with van der Waals surface area (Å²) in [5, 5.41) is 0. The zero-order valence-electron chi connectivity index (χ0n) is 15.3. The second-order valence-corrected chi connectivity index (χ2v) is 8.12.